The Morgan fingerprint density at radius 1 is 1.57 bits per heavy atom. The van der Waals surface area contributed by atoms with E-state index in [0.717, 1.165) is 5.56 Å². The third-order valence-corrected chi connectivity index (χ3v) is 1.85. The van der Waals surface area contributed by atoms with Gasteiger partial charge in [0.2, 0.25) is 0 Å². The topological polar surface area (TPSA) is 66.8 Å². The SMILES string of the molecule is COc1cccc(CC(O)C(=O)O)c1. The number of carboxylic acids is 1. The fraction of sp³-hybridized carbons (Fsp3) is 0.300. The first-order valence-electron chi connectivity index (χ1n) is 4.17. The van der Waals surface area contributed by atoms with Crippen molar-refractivity contribution in [3.05, 3.63) is 29.8 Å². The second-order valence-corrected chi connectivity index (χ2v) is 2.91. The molecule has 0 aromatic heterocycles. The maximum absolute atomic E-state index is 10.4. The molecule has 0 fully saturated rings. The van der Waals surface area contributed by atoms with Crippen LogP contribution in [-0.2, 0) is 11.2 Å². The molecule has 2 N–H and O–H groups in total. The van der Waals surface area contributed by atoms with E-state index in [4.69, 9.17) is 14.9 Å². The lowest BCUT2D eigenvalue weighted by atomic mass is 10.1. The zero-order valence-corrected chi connectivity index (χ0v) is 7.80. The fourth-order valence-corrected chi connectivity index (χ4v) is 1.11. The molecule has 1 rings (SSSR count). The molecule has 4 nitrogen and oxygen atoms in total. The summed E-state index contributed by atoms with van der Waals surface area (Å²) in [5.41, 5.74) is 0.735. The van der Waals surface area contributed by atoms with Gasteiger partial charge in [0, 0.05) is 6.42 Å². The van der Waals surface area contributed by atoms with Crippen molar-refractivity contribution in [2.45, 2.75) is 12.5 Å². The highest BCUT2D eigenvalue weighted by atomic mass is 16.5. The number of benzene rings is 1. The molecule has 4 heteroatoms. The van der Waals surface area contributed by atoms with Gasteiger partial charge in [-0.25, -0.2) is 4.79 Å². The Kier molecular flexibility index (Phi) is 3.48. The van der Waals surface area contributed by atoms with Crippen LogP contribution in [0.1, 0.15) is 5.56 Å². The van der Waals surface area contributed by atoms with Crippen LogP contribution in [0.2, 0.25) is 0 Å². The first-order chi connectivity index (χ1) is 6.63. The van der Waals surface area contributed by atoms with Crippen LogP contribution >= 0.6 is 0 Å². The molecule has 0 aliphatic heterocycles. The number of aliphatic hydroxyl groups excluding tert-OH is 1. The number of rotatable bonds is 4. The largest absolute Gasteiger partial charge is 0.497 e. The van der Waals surface area contributed by atoms with Crippen LogP contribution in [0.4, 0.5) is 0 Å². The maximum atomic E-state index is 10.4. The van der Waals surface area contributed by atoms with E-state index < -0.39 is 12.1 Å². The summed E-state index contributed by atoms with van der Waals surface area (Å²) >= 11 is 0. The Hall–Kier alpha value is -1.55. The Bertz CT molecular complexity index is 322. The third-order valence-electron chi connectivity index (χ3n) is 1.85. The molecule has 0 spiro atoms. The zero-order chi connectivity index (χ0) is 10.6. The van der Waals surface area contributed by atoms with E-state index in [1.54, 1.807) is 24.3 Å². The lowest BCUT2D eigenvalue weighted by Crippen LogP contribution is -2.21. The van der Waals surface area contributed by atoms with Gasteiger partial charge < -0.3 is 14.9 Å². The molecule has 0 heterocycles. The molecular formula is C10H12O4. The van der Waals surface area contributed by atoms with Gasteiger partial charge in [-0.2, -0.15) is 0 Å². The molecule has 0 amide bonds. The average Bonchev–Trinajstić information content (AvgIpc) is 2.18. The number of methoxy groups -OCH3 is 1. The van der Waals surface area contributed by atoms with Crippen LogP contribution in [0, 0.1) is 0 Å². The van der Waals surface area contributed by atoms with Crippen molar-refractivity contribution in [3.63, 3.8) is 0 Å². The van der Waals surface area contributed by atoms with Crippen LogP contribution in [-0.4, -0.2) is 29.4 Å². The number of hydrogen-bond donors (Lipinski definition) is 2. The average molecular weight is 196 g/mol. The van der Waals surface area contributed by atoms with Crippen LogP contribution < -0.4 is 4.74 Å². The van der Waals surface area contributed by atoms with Crippen LogP contribution in [0.15, 0.2) is 24.3 Å². The molecule has 1 atom stereocenters. The normalized spacial score (nSPS) is 12.1. The number of carbonyl (C=O) groups is 1. The summed E-state index contributed by atoms with van der Waals surface area (Å²) in [4.78, 5) is 10.4. The monoisotopic (exact) mass is 196 g/mol. The number of ether oxygens (including phenoxy) is 1. The molecule has 14 heavy (non-hydrogen) atoms. The highest BCUT2D eigenvalue weighted by molar-refractivity contribution is 5.72. The van der Waals surface area contributed by atoms with Gasteiger partial charge in [-0.1, -0.05) is 12.1 Å². The maximum Gasteiger partial charge on any atom is 0.332 e. The summed E-state index contributed by atoms with van der Waals surface area (Å²) in [6.45, 7) is 0. The van der Waals surface area contributed by atoms with Crippen LogP contribution in [0.25, 0.3) is 0 Å². The van der Waals surface area contributed by atoms with E-state index in [9.17, 15) is 4.79 Å². The second-order valence-electron chi connectivity index (χ2n) is 2.91. The third kappa shape index (κ3) is 2.74. The van der Waals surface area contributed by atoms with Gasteiger partial charge in [-0.3, -0.25) is 0 Å². The van der Waals surface area contributed by atoms with Crippen molar-refractivity contribution >= 4 is 5.97 Å². The Morgan fingerprint density at radius 2 is 2.29 bits per heavy atom. The minimum Gasteiger partial charge on any atom is -0.497 e. The molecule has 0 bridgehead atoms. The van der Waals surface area contributed by atoms with Gasteiger partial charge in [0.1, 0.15) is 5.75 Å². The smallest absolute Gasteiger partial charge is 0.332 e. The summed E-state index contributed by atoms with van der Waals surface area (Å²) in [6, 6.07) is 6.96. The van der Waals surface area contributed by atoms with E-state index in [2.05, 4.69) is 0 Å². The highest BCUT2D eigenvalue weighted by Crippen LogP contribution is 2.13. The minimum atomic E-state index is -1.36. The predicted octanol–water partition coefficient (Wildman–Crippen LogP) is 0.683. The highest BCUT2D eigenvalue weighted by Gasteiger charge is 2.13. The van der Waals surface area contributed by atoms with Crippen molar-refractivity contribution < 1.29 is 19.7 Å². The minimum absolute atomic E-state index is 0.0898. The van der Waals surface area contributed by atoms with Crippen LogP contribution in [0.5, 0.6) is 5.75 Å². The van der Waals surface area contributed by atoms with Gasteiger partial charge in [0.15, 0.2) is 6.10 Å². The zero-order valence-electron chi connectivity index (χ0n) is 7.80. The lowest BCUT2D eigenvalue weighted by Gasteiger charge is -2.06. The van der Waals surface area contributed by atoms with Crippen molar-refractivity contribution in [1.29, 1.82) is 0 Å². The molecule has 0 aliphatic carbocycles. The molecular weight excluding hydrogens is 184 g/mol. The molecule has 1 unspecified atom stereocenters. The number of hydrogen-bond acceptors (Lipinski definition) is 3. The van der Waals surface area contributed by atoms with E-state index in [0.29, 0.717) is 5.75 Å². The Labute approximate surface area is 81.8 Å². The summed E-state index contributed by atoms with van der Waals surface area (Å²) in [6.07, 6.45) is -1.27. The molecule has 0 saturated carbocycles. The molecule has 1 aromatic carbocycles. The van der Waals surface area contributed by atoms with E-state index in [1.807, 2.05) is 0 Å². The summed E-state index contributed by atoms with van der Waals surface area (Å²) < 4.78 is 4.97. The van der Waals surface area contributed by atoms with E-state index in [-0.39, 0.29) is 6.42 Å². The van der Waals surface area contributed by atoms with Crippen molar-refractivity contribution in [2.24, 2.45) is 0 Å². The standard InChI is InChI=1S/C10H12O4/c1-14-8-4-2-3-7(5-8)6-9(11)10(12)13/h2-5,9,11H,6H2,1H3,(H,12,13). The van der Waals surface area contributed by atoms with Gasteiger partial charge in [0.25, 0.3) is 0 Å². The van der Waals surface area contributed by atoms with E-state index in [1.165, 1.54) is 7.11 Å². The fourth-order valence-electron chi connectivity index (χ4n) is 1.11. The summed E-state index contributed by atoms with van der Waals surface area (Å²) in [5.74, 6) is -0.562. The van der Waals surface area contributed by atoms with Gasteiger partial charge in [0.05, 0.1) is 7.11 Å². The van der Waals surface area contributed by atoms with Crippen molar-refractivity contribution in [3.8, 4) is 5.75 Å². The summed E-state index contributed by atoms with van der Waals surface area (Å²) in [7, 11) is 1.53. The van der Waals surface area contributed by atoms with Crippen molar-refractivity contribution in [2.75, 3.05) is 7.11 Å². The molecule has 1 aromatic rings. The Morgan fingerprint density at radius 3 is 2.86 bits per heavy atom. The first-order valence-corrected chi connectivity index (χ1v) is 4.17. The molecule has 76 valence electrons. The first kappa shape index (κ1) is 10.5. The van der Waals surface area contributed by atoms with Gasteiger partial charge in [-0.05, 0) is 17.7 Å². The second kappa shape index (κ2) is 4.62. The lowest BCUT2D eigenvalue weighted by molar-refractivity contribution is -0.146. The summed E-state index contributed by atoms with van der Waals surface area (Å²) in [5, 5.41) is 17.6. The number of carboxylic acid groups (broad SMARTS) is 1. The molecule has 0 aliphatic rings. The van der Waals surface area contributed by atoms with E-state index >= 15 is 0 Å². The Balaban J connectivity index is 2.71. The number of aliphatic hydroxyl groups is 1. The molecule has 0 saturated heterocycles. The van der Waals surface area contributed by atoms with Crippen molar-refractivity contribution in [1.82, 2.24) is 0 Å². The van der Waals surface area contributed by atoms with Gasteiger partial charge >= 0.3 is 5.97 Å². The van der Waals surface area contributed by atoms with Crippen LogP contribution in [0.3, 0.4) is 0 Å². The predicted molar refractivity (Wildman–Crippen MR) is 50.3 cm³/mol. The quantitative estimate of drug-likeness (QED) is 0.743. The molecule has 0 radical (unpaired) electrons. The van der Waals surface area contributed by atoms with Gasteiger partial charge in [-0.15, -0.1) is 0 Å². The number of aliphatic carboxylic acids is 1.